The molecule has 6 fully saturated rings. The number of hydrogen-bond acceptors (Lipinski definition) is 29. The van der Waals surface area contributed by atoms with Crippen LogP contribution in [0.2, 0.25) is 0 Å². The predicted molar refractivity (Wildman–Crippen MR) is 533 cm³/mol. The van der Waals surface area contributed by atoms with Gasteiger partial charge in [0.1, 0.15) is 65.4 Å². The summed E-state index contributed by atoms with van der Waals surface area (Å²) in [7, 11) is 0.703. The van der Waals surface area contributed by atoms with E-state index in [1.807, 2.05) is 131 Å². The summed E-state index contributed by atoms with van der Waals surface area (Å²) in [6.07, 6.45) is 10.1. The zero-order valence-corrected chi connectivity index (χ0v) is 78.0. The molecule has 6 aliphatic heterocycles. The smallest absolute Gasteiger partial charge is 0.242 e. The lowest BCUT2D eigenvalue weighted by atomic mass is 10.1. The number of likely N-dealkylation sites (N-methyl/N-ethyl adjacent to an activating group) is 2. The first-order valence-electron chi connectivity index (χ1n) is 45.0. The van der Waals surface area contributed by atoms with E-state index in [9.17, 15) is 22.8 Å². The number of ether oxygens (including phenoxy) is 1. The fourth-order valence-corrected chi connectivity index (χ4v) is 23.3. The van der Waals surface area contributed by atoms with E-state index in [1.54, 1.807) is 77.2 Å². The van der Waals surface area contributed by atoms with Gasteiger partial charge in [0.05, 0.1) is 65.9 Å². The predicted octanol–water partition coefficient (Wildman–Crippen LogP) is 14.9. The van der Waals surface area contributed by atoms with Crippen LogP contribution in [0.3, 0.4) is 0 Å². The number of benzene rings is 4. The van der Waals surface area contributed by atoms with Crippen LogP contribution in [0.1, 0.15) is 19.3 Å². The van der Waals surface area contributed by atoms with Gasteiger partial charge in [-0.1, -0.05) is 146 Å². The van der Waals surface area contributed by atoms with E-state index < -0.39 is 9.84 Å². The number of piperazine rings is 3. The van der Waals surface area contributed by atoms with Crippen LogP contribution in [0.4, 0.5) is 23.3 Å². The number of sulfone groups is 1. The van der Waals surface area contributed by atoms with Gasteiger partial charge in [0.15, 0.2) is 33.1 Å². The molecule has 28 nitrogen and oxygen atoms in total. The molecule has 676 valence electrons. The number of carbonyl (C=O) groups is 3. The molecule has 0 aliphatic carbocycles. The van der Waals surface area contributed by atoms with E-state index in [2.05, 4.69) is 162 Å². The Kier molecular flexibility index (Phi) is 27.8. The summed E-state index contributed by atoms with van der Waals surface area (Å²) in [5.41, 5.74) is 11.0. The van der Waals surface area contributed by atoms with Gasteiger partial charge in [-0.2, -0.15) is 0 Å². The lowest BCUT2D eigenvalue weighted by molar-refractivity contribution is -0.133. The highest BCUT2D eigenvalue weighted by Crippen LogP contribution is 2.45. The largest absolute Gasteiger partial charge is 0.378 e. The molecule has 18 heterocycles. The highest BCUT2D eigenvalue weighted by molar-refractivity contribution is 7.91. The Balaban J connectivity index is 0.000000114. The van der Waals surface area contributed by atoms with Crippen molar-refractivity contribution in [1.29, 1.82) is 0 Å². The fourth-order valence-electron chi connectivity index (χ4n) is 17.7. The second-order valence-electron chi connectivity index (χ2n) is 33.3. The Hall–Kier alpha value is -13.0. The van der Waals surface area contributed by atoms with Gasteiger partial charge in [0.2, 0.25) is 17.7 Å². The first kappa shape index (κ1) is 89.3. The number of morpholine rings is 1. The summed E-state index contributed by atoms with van der Waals surface area (Å²) in [6.45, 7) is 15.2. The van der Waals surface area contributed by atoms with Crippen LogP contribution in [-0.4, -0.2) is 280 Å². The van der Waals surface area contributed by atoms with E-state index in [0.717, 1.165) is 225 Å². The Bertz CT molecular complexity index is 6810. The SMILES string of the molecule is CN(CC(=O)N1CCOCC1)c1nc(-c2ccccn2)nc2scc(-c3ccccc3)c12.CNC(=O)CN1CCN(c2nc(-c3ccccn3)nc3scc(-c4ccccc4)c23)CC1.O=C(CN1CCN(c2nc(-c3ccccn3)nc3sc(-c4ccccc4)cc23)CC1)N1CCCC1.O=S1(=O)CCC(N2CCN(c3nc(-c4ccccn4)nc4scc(-c5ccccc5)c34)CC2)C1. The van der Waals surface area contributed by atoms with Crippen molar-refractivity contribution in [2.24, 2.45) is 0 Å². The number of fused-ring (bicyclic) bond motifs is 4. The number of rotatable bonds is 19. The average molecular weight is 1870 g/mol. The van der Waals surface area contributed by atoms with Crippen LogP contribution in [-0.2, 0) is 29.0 Å². The number of nitrogens with one attached hydrogen (secondary N) is 1. The van der Waals surface area contributed by atoms with Crippen molar-refractivity contribution in [3.8, 4) is 89.9 Å². The molecule has 0 saturated carbocycles. The van der Waals surface area contributed by atoms with E-state index in [0.29, 0.717) is 74.1 Å². The molecule has 22 rings (SSSR count). The molecule has 1 atom stereocenters. The summed E-state index contributed by atoms with van der Waals surface area (Å²) in [5, 5.41) is 13.3. The fraction of sp³-hybridized carbons (Fsp3) is 0.290. The number of aromatic nitrogens is 12. The van der Waals surface area contributed by atoms with Crippen molar-refractivity contribution in [1.82, 2.24) is 89.6 Å². The monoisotopic (exact) mass is 1860 g/mol. The van der Waals surface area contributed by atoms with Crippen molar-refractivity contribution >= 4 is 137 Å². The molecule has 12 aromatic heterocycles. The highest BCUT2D eigenvalue weighted by Gasteiger charge is 2.36. The van der Waals surface area contributed by atoms with Crippen molar-refractivity contribution < 1.29 is 27.5 Å². The molecule has 0 spiro atoms. The minimum Gasteiger partial charge on any atom is -0.378 e. The Morgan fingerprint density at radius 1 is 0.429 bits per heavy atom. The molecule has 0 bridgehead atoms. The van der Waals surface area contributed by atoms with Gasteiger partial charge in [0, 0.05) is 187 Å². The molecule has 133 heavy (non-hydrogen) atoms. The normalized spacial score (nSPS) is 16.6. The zero-order chi connectivity index (χ0) is 90.6. The summed E-state index contributed by atoms with van der Waals surface area (Å²) in [5.74, 6) is 7.03. The summed E-state index contributed by atoms with van der Waals surface area (Å²) < 4.78 is 29.3. The van der Waals surface area contributed by atoms with Gasteiger partial charge >= 0.3 is 0 Å². The number of amides is 3. The third kappa shape index (κ3) is 20.8. The molecule has 0 radical (unpaired) electrons. The summed E-state index contributed by atoms with van der Waals surface area (Å²) >= 11 is 6.55. The van der Waals surface area contributed by atoms with Crippen LogP contribution in [0.25, 0.3) is 131 Å². The summed E-state index contributed by atoms with van der Waals surface area (Å²) in [4.78, 5) is 119. The Morgan fingerprint density at radius 3 is 1.27 bits per heavy atom. The van der Waals surface area contributed by atoms with E-state index in [4.69, 9.17) is 44.6 Å². The first-order valence-corrected chi connectivity index (χ1v) is 50.3. The number of pyridine rings is 4. The van der Waals surface area contributed by atoms with Gasteiger partial charge in [-0.25, -0.2) is 48.3 Å². The molecule has 16 aromatic rings. The Morgan fingerprint density at radius 2 is 0.827 bits per heavy atom. The van der Waals surface area contributed by atoms with E-state index >= 15 is 0 Å². The third-order valence-corrected chi connectivity index (χ3v) is 30.2. The quantitative estimate of drug-likeness (QED) is 0.0786. The molecule has 33 heteroatoms. The van der Waals surface area contributed by atoms with Crippen molar-refractivity contribution in [3.05, 3.63) is 241 Å². The molecular weight excluding hydrogens is 1770 g/mol. The number of hydrogen-bond donors (Lipinski definition) is 1. The summed E-state index contributed by atoms with van der Waals surface area (Å²) in [6, 6.07) is 66.9. The van der Waals surface area contributed by atoms with Gasteiger partial charge in [0.25, 0.3) is 0 Å². The maximum Gasteiger partial charge on any atom is 0.242 e. The topological polar surface area (TPSA) is 290 Å². The molecule has 4 aromatic carbocycles. The number of carbonyl (C=O) groups excluding carboxylic acids is 3. The second kappa shape index (κ2) is 41.4. The molecule has 1 unspecified atom stereocenters. The van der Waals surface area contributed by atoms with Gasteiger partial charge in [-0.15, -0.1) is 45.3 Å². The number of anilines is 4. The zero-order valence-electron chi connectivity index (χ0n) is 73.9. The minimum atomic E-state index is -2.89. The minimum absolute atomic E-state index is 0.0458. The van der Waals surface area contributed by atoms with Crippen molar-refractivity contribution in [3.63, 3.8) is 0 Å². The number of likely N-dealkylation sites (tertiary alicyclic amines) is 1. The number of nitrogens with zero attached hydrogens (tertiary/aromatic N) is 21. The van der Waals surface area contributed by atoms with E-state index in [-0.39, 0.29) is 36.1 Å². The van der Waals surface area contributed by atoms with Crippen LogP contribution < -0.4 is 24.9 Å². The van der Waals surface area contributed by atoms with Gasteiger partial charge < -0.3 is 39.5 Å². The first-order chi connectivity index (χ1) is 65.2. The lowest BCUT2D eigenvalue weighted by Gasteiger charge is -2.38. The van der Waals surface area contributed by atoms with Crippen molar-refractivity contribution in [2.75, 3.05) is 183 Å². The lowest BCUT2D eigenvalue weighted by Crippen LogP contribution is -2.51. The van der Waals surface area contributed by atoms with Crippen molar-refractivity contribution in [2.45, 2.75) is 25.3 Å². The molecule has 6 aliphatic rings. The number of thiophene rings is 4. The highest BCUT2D eigenvalue weighted by atomic mass is 32.2. The molecule has 3 amide bonds. The average Bonchev–Trinajstić information content (AvgIpc) is 1.63. The van der Waals surface area contributed by atoms with Crippen LogP contribution in [0.15, 0.2) is 241 Å². The third-order valence-electron chi connectivity index (χ3n) is 24.7. The second-order valence-corrected chi connectivity index (χ2v) is 39.2. The Labute approximate surface area is 787 Å². The van der Waals surface area contributed by atoms with Crippen LogP contribution >= 0.6 is 45.3 Å². The standard InChI is InChI=1S/C27H28N6OS.C25H25N5O2S2.C24H24N6OS.C24H23N5O2S/c34-24(32-12-6-7-13-32)19-31-14-16-33(17-15-31)26-21-18-23(20-8-2-1-3-9-20)35-27(21)30-25(29-26)22-10-4-5-11-28-22;31-34(32)15-9-19(17-34)29-11-13-30(14-12-29)24-22-20(18-6-2-1-3-7-18)16-33-25(22)28-23(27-24)21-8-4-5-10-26-21;1-25-20(31)15-29-11-13-30(14-12-29)23-21-18(17-7-3-2-4-8-17)16-32-24(21)28-22(27-23)19-9-5-6-10-26-19;1-28(15-20(30)29-11-13-31-14-12-29)23-21-18(17-7-3-2-4-8-17)16-32-24(21)27-22(26-23)19-9-5-6-10-25-19/h1-5,8-11,18H,6-7,12-17,19H2;1-8,10,16,19H,9,11-15,17H2;2-10,16H,11-15H2,1H3,(H,25,31);2-10,16H,11-15H2,1H3. The molecule has 1 N–H and O–H groups in total. The van der Waals surface area contributed by atoms with E-state index in [1.165, 1.54) is 10.4 Å². The maximum absolute atomic E-state index is 12.9. The molecular formula is C100H100N22O6S5. The van der Waals surface area contributed by atoms with Crippen LogP contribution in [0, 0.1) is 0 Å². The maximum atomic E-state index is 12.9. The van der Waals surface area contributed by atoms with Crippen LogP contribution in [0.5, 0.6) is 0 Å². The molecule has 6 saturated heterocycles. The van der Waals surface area contributed by atoms with Gasteiger partial charge in [-0.05, 0) is 96.1 Å². The van der Waals surface area contributed by atoms with Gasteiger partial charge in [-0.3, -0.25) is 49.0 Å².